The van der Waals surface area contributed by atoms with Crippen molar-refractivity contribution in [2.45, 2.75) is 18.8 Å². The van der Waals surface area contributed by atoms with Gasteiger partial charge in [0, 0.05) is 12.3 Å². The molecule has 0 aliphatic rings. The van der Waals surface area contributed by atoms with E-state index in [9.17, 15) is 17.6 Å². The minimum Gasteiger partial charge on any atom is -0.468 e. The second kappa shape index (κ2) is 7.00. The molecule has 1 atom stereocenters. The highest BCUT2D eigenvalue weighted by atomic mass is 32.2. The molecule has 7 heteroatoms. The van der Waals surface area contributed by atoms with Crippen LogP contribution in [-0.4, -0.2) is 39.5 Å². The molecule has 118 valence electrons. The first kappa shape index (κ1) is 17.6. The fourth-order valence-corrected chi connectivity index (χ4v) is 3.07. The zero-order valence-corrected chi connectivity index (χ0v) is 13.0. The Hall–Kier alpha value is -1.47. The molecule has 0 radical (unpaired) electrons. The molecule has 0 aliphatic heterocycles. The summed E-state index contributed by atoms with van der Waals surface area (Å²) in [6.07, 6.45) is -0.0458. The van der Waals surface area contributed by atoms with Crippen LogP contribution >= 0.6 is 0 Å². The van der Waals surface area contributed by atoms with Gasteiger partial charge in [0.15, 0.2) is 0 Å². The van der Waals surface area contributed by atoms with Gasteiger partial charge in [0.1, 0.15) is 21.1 Å². The van der Waals surface area contributed by atoms with Crippen LogP contribution in [0.3, 0.4) is 0 Å². The first-order valence-corrected chi connectivity index (χ1v) is 8.38. The standard InChI is InChI=1S/C14H20FNO4S/c1-3-21(18,19)8-7-14(10-16,13(17)20-2)11-5-4-6-12(15)9-11/h4-6,9H,3,7-8,10,16H2,1-2H3. The highest BCUT2D eigenvalue weighted by Crippen LogP contribution is 2.30. The maximum atomic E-state index is 13.4. The van der Waals surface area contributed by atoms with Gasteiger partial charge in [0.25, 0.3) is 0 Å². The van der Waals surface area contributed by atoms with E-state index in [1.165, 1.54) is 32.2 Å². The molecular weight excluding hydrogens is 297 g/mol. The van der Waals surface area contributed by atoms with Gasteiger partial charge in [-0.3, -0.25) is 4.79 Å². The Balaban J connectivity index is 3.26. The number of carbonyl (C=O) groups excluding carboxylic acids is 1. The Kier molecular flexibility index (Phi) is 5.86. The molecule has 5 nitrogen and oxygen atoms in total. The van der Waals surface area contributed by atoms with Crippen LogP contribution in [0.15, 0.2) is 24.3 Å². The largest absolute Gasteiger partial charge is 0.468 e. The molecule has 1 unspecified atom stereocenters. The van der Waals surface area contributed by atoms with E-state index in [0.29, 0.717) is 5.56 Å². The SMILES string of the molecule is CCS(=O)(=O)CCC(CN)(C(=O)OC)c1cccc(F)c1. The van der Waals surface area contributed by atoms with E-state index < -0.39 is 27.0 Å². The molecule has 0 heterocycles. The second-order valence-electron chi connectivity index (χ2n) is 4.77. The summed E-state index contributed by atoms with van der Waals surface area (Å²) in [5, 5.41) is 0. The highest BCUT2D eigenvalue weighted by Gasteiger charge is 2.41. The minimum absolute atomic E-state index is 0.0298. The molecule has 0 saturated carbocycles. The van der Waals surface area contributed by atoms with Gasteiger partial charge < -0.3 is 10.5 Å². The van der Waals surface area contributed by atoms with Crippen LogP contribution < -0.4 is 5.73 Å². The third kappa shape index (κ3) is 4.01. The molecule has 21 heavy (non-hydrogen) atoms. The van der Waals surface area contributed by atoms with Gasteiger partial charge in [0.2, 0.25) is 0 Å². The summed E-state index contributed by atoms with van der Waals surface area (Å²) in [4.78, 5) is 12.2. The molecule has 0 bridgehead atoms. The van der Waals surface area contributed by atoms with Crippen molar-refractivity contribution in [3.8, 4) is 0 Å². The molecule has 1 rings (SSSR count). The Labute approximate surface area is 124 Å². The van der Waals surface area contributed by atoms with Crippen LogP contribution in [0.2, 0.25) is 0 Å². The molecule has 0 amide bonds. The van der Waals surface area contributed by atoms with Crippen LogP contribution in [0.1, 0.15) is 18.9 Å². The number of carbonyl (C=O) groups is 1. The summed E-state index contributed by atoms with van der Waals surface area (Å²) >= 11 is 0. The van der Waals surface area contributed by atoms with E-state index >= 15 is 0 Å². The van der Waals surface area contributed by atoms with Crippen LogP contribution in [0.4, 0.5) is 4.39 Å². The number of nitrogens with two attached hydrogens (primary N) is 1. The van der Waals surface area contributed by atoms with Gasteiger partial charge in [-0.1, -0.05) is 19.1 Å². The lowest BCUT2D eigenvalue weighted by atomic mass is 9.78. The Bertz CT molecular complexity index is 603. The maximum Gasteiger partial charge on any atom is 0.317 e. The van der Waals surface area contributed by atoms with Gasteiger partial charge >= 0.3 is 5.97 Å². The third-order valence-corrected chi connectivity index (χ3v) is 5.29. The van der Waals surface area contributed by atoms with Crippen LogP contribution in [0, 0.1) is 5.82 Å². The van der Waals surface area contributed by atoms with Crippen molar-refractivity contribution in [3.63, 3.8) is 0 Å². The molecular formula is C14H20FNO4S. The first-order valence-electron chi connectivity index (χ1n) is 6.56. The lowest BCUT2D eigenvalue weighted by Crippen LogP contribution is -2.45. The number of halogens is 1. The number of hydrogen-bond acceptors (Lipinski definition) is 5. The Morgan fingerprint density at radius 2 is 2.10 bits per heavy atom. The van der Waals surface area contributed by atoms with Gasteiger partial charge in [-0.15, -0.1) is 0 Å². The number of hydrogen-bond donors (Lipinski definition) is 1. The van der Waals surface area contributed by atoms with Crippen molar-refractivity contribution in [2.75, 3.05) is 25.2 Å². The normalized spacial score (nSPS) is 14.5. The molecule has 2 N–H and O–H groups in total. The quantitative estimate of drug-likeness (QED) is 0.759. The summed E-state index contributed by atoms with van der Waals surface area (Å²) in [6.45, 7) is 1.36. The maximum absolute atomic E-state index is 13.4. The van der Waals surface area contributed by atoms with Gasteiger partial charge in [-0.25, -0.2) is 12.8 Å². The summed E-state index contributed by atoms with van der Waals surface area (Å²) in [7, 11) is -2.08. The Morgan fingerprint density at radius 1 is 1.43 bits per heavy atom. The molecule has 0 aromatic heterocycles. The summed E-state index contributed by atoms with van der Waals surface area (Å²) < 4.78 is 41.6. The van der Waals surface area contributed by atoms with E-state index in [1.807, 2.05) is 0 Å². The van der Waals surface area contributed by atoms with Crippen LogP contribution in [-0.2, 0) is 24.8 Å². The summed E-state index contributed by atoms with van der Waals surface area (Å²) in [5.74, 6) is -1.43. The number of rotatable bonds is 7. The second-order valence-corrected chi connectivity index (χ2v) is 7.25. The molecule has 0 fully saturated rings. The van der Waals surface area contributed by atoms with Crippen molar-refractivity contribution in [3.05, 3.63) is 35.6 Å². The van der Waals surface area contributed by atoms with E-state index in [2.05, 4.69) is 0 Å². The predicted octanol–water partition coefficient (Wildman–Crippen LogP) is 1.02. The van der Waals surface area contributed by atoms with Gasteiger partial charge in [-0.05, 0) is 24.1 Å². The van der Waals surface area contributed by atoms with Crippen molar-refractivity contribution in [1.82, 2.24) is 0 Å². The predicted molar refractivity (Wildman–Crippen MR) is 78.1 cm³/mol. The number of sulfone groups is 1. The van der Waals surface area contributed by atoms with Crippen molar-refractivity contribution in [2.24, 2.45) is 5.73 Å². The zero-order valence-electron chi connectivity index (χ0n) is 12.1. The van der Waals surface area contributed by atoms with Crippen LogP contribution in [0.25, 0.3) is 0 Å². The van der Waals surface area contributed by atoms with Crippen molar-refractivity contribution < 1.29 is 22.3 Å². The first-order chi connectivity index (χ1) is 9.81. The molecule has 1 aromatic rings. The Morgan fingerprint density at radius 3 is 2.57 bits per heavy atom. The highest BCUT2D eigenvalue weighted by molar-refractivity contribution is 7.91. The van der Waals surface area contributed by atoms with E-state index in [0.717, 1.165) is 0 Å². The molecule has 1 aromatic carbocycles. The number of esters is 1. The smallest absolute Gasteiger partial charge is 0.317 e. The topological polar surface area (TPSA) is 86.5 Å². The van der Waals surface area contributed by atoms with Gasteiger partial charge in [0.05, 0.1) is 12.9 Å². The fraction of sp³-hybridized carbons (Fsp3) is 0.500. The lowest BCUT2D eigenvalue weighted by Gasteiger charge is -2.30. The van der Waals surface area contributed by atoms with Gasteiger partial charge in [-0.2, -0.15) is 0 Å². The fourth-order valence-electron chi connectivity index (χ4n) is 2.12. The average Bonchev–Trinajstić information content (AvgIpc) is 2.48. The van der Waals surface area contributed by atoms with Crippen molar-refractivity contribution >= 4 is 15.8 Å². The average molecular weight is 317 g/mol. The molecule has 0 aliphatic carbocycles. The summed E-state index contributed by atoms with van der Waals surface area (Å²) in [5.41, 5.74) is 4.68. The van der Waals surface area contributed by atoms with Crippen molar-refractivity contribution in [1.29, 1.82) is 0 Å². The number of methoxy groups -OCH3 is 1. The minimum atomic E-state index is -3.28. The zero-order chi connectivity index (χ0) is 16.1. The number of benzene rings is 1. The van der Waals surface area contributed by atoms with E-state index in [4.69, 9.17) is 10.5 Å². The summed E-state index contributed by atoms with van der Waals surface area (Å²) in [6, 6.07) is 5.42. The van der Waals surface area contributed by atoms with E-state index in [-0.39, 0.29) is 24.5 Å². The van der Waals surface area contributed by atoms with E-state index in [1.54, 1.807) is 6.07 Å². The molecule has 0 spiro atoms. The number of ether oxygens (including phenoxy) is 1. The molecule has 0 saturated heterocycles. The monoisotopic (exact) mass is 317 g/mol. The van der Waals surface area contributed by atoms with Crippen LogP contribution in [0.5, 0.6) is 0 Å². The lowest BCUT2D eigenvalue weighted by molar-refractivity contribution is -0.147. The third-order valence-electron chi connectivity index (χ3n) is 3.58.